The fraction of sp³-hybridized carbons (Fsp3) is 0.448. The van der Waals surface area contributed by atoms with Crippen LogP contribution in [0.1, 0.15) is 73.1 Å². The minimum Gasteiger partial charge on any atom is -0.322 e. The smallest absolute Gasteiger partial charge is 0.253 e. The second-order valence-corrected chi connectivity index (χ2v) is 10.6. The van der Waals surface area contributed by atoms with Crippen molar-refractivity contribution >= 4 is 10.9 Å². The van der Waals surface area contributed by atoms with Gasteiger partial charge in [0, 0.05) is 11.1 Å². The molecule has 7 nitrogen and oxygen atoms in total. The number of aryl methyl sites for hydroxylation is 1. The topological polar surface area (TPSA) is 79.7 Å². The number of benzene rings is 2. The minimum absolute atomic E-state index is 0.0505. The van der Waals surface area contributed by atoms with Crippen LogP contribution in [0, 0.1) is 12.8 Å². The first kappa shape index (κ1) is 23.1. The van der Waals surface area contributed by atoms with E-state index in [9.17, 15) is 4.79 Å². The zero-order valence-electron chi connectivity index (χ0n) is 20.9. The van der Waals surface area contributed by atoms with Crippen LogP contribution < -0.4 is 5.56 Å². The molecule has 1 atom stereocenters. The number of nitrogens with one attached hydrogen (secondary N) is 1. The second-order valence-electron chi connectivity index (χ2n) is 10.6. The molecule has 2 fully saturated rings. The number of aromatic amines is 1. The maximum absolute atomic E-state index is 13.5. The highest BCUT2D eigenvalue weighted by atomic mass is 16.1. The predicted octanol–water partition coefficient (Wildman–Crippen LogP) is 4.98. The first-order valence-corrected chi connectivity index (χ1v) is 13.3. The number of nitrogens with zero attached hydrogens (tertiary/aromatic N) is 5. The highest BCUT2D eigenvalue weighted by molar-refractivity contribution is 5.79. The molecule has 2 aromatic heterocycles. The van der Waals surface area contributed by atoms with Gasteiger partial charge in [0.1, 0.15) is 6.04 Å². The van der Waals surface area contributed by atoms with Crippen molar-refractivity contribution < 1.29 is 0 Å². The highest BCUT2D eigenvalue weighted by Crippen LogP contribution is 2.36. The van der Waals surface area contributed by atoms with E-state index in [4.69, 9.17) is 0 Å². The largest absolute Gasteiger partial charge is 0.322 e. The lowest BCUT2D eigenvalue weighted by molar-refractivity contribution is 0.141. The van der Waals surface area contributed by atoms with Gasteiger partial charge in [0.15, 0.2) is 5.82 Å². The van der Waals surface area contributed by atoms with Crippen molar-refractivity contribution in [1.29, 1.82) is 0 Å². The average molecular weight is 483 g/mol. The lowest BCUT2D eigenvalue weighted by Crippen LogP contribution is -2.41. The number of tetrazole rings is 1. The lowest BCUT2D eigenvalue weighted by Gasteiger charge is -2.37. The molecular weight excluding hydrogens is 448 g/mol. The van der Waals surface area contributed by atoms with Gasteiger partial charge in [-0.1, -0.05) is 55.3 Å². The quantitative estimate of drug-likeness (QED) is 0.419. The van der Waals surface area contributed by atoms with Crippen molar-refractivity contribution in [1.82, 2.24) is 30.1 Å². The van der Waals surface area contributed by atoms with Crippen molar-refractivity contribution in [3.8, 4) is 0 Å². The summed E-state index contributed by atoms with van der Waals surface area (Å²) in [7, 11) is 0. The monoisotopic (exact) mass is 482 g/mol. The summed E-state index contributed by atoms with van der Waals surface area (Å²) in [5.74, 6) is 1.45. The Bertz CT molecular complexity index is 1380. The van der Waals surface area contributed by atoms with Gasteiger partial charge in [-0.3, -0.25) is 9.69 Å². The van der Waals surface area contributed by atoms with Gasteiger partial charge >= 0.3 is 0 Å². The van der Waals surface area contributed by atoms with E-state index in [-0.39, 0.29) is 11.6 Å². The van der Waals surface area contributed by atoms with Crippen LogP contribution >= 0.6 is 0 Å². The summed E-state index contributed by atoms with van der Waals surface area (Å²) in [5.41, 5.74) is 4.10. The number of likely N-dealkylation sites (tertiary alicyclic amines) is 1. The molecule has 3 heterocycles. The lowest BCUT2D eigenvalue weighted by atomic mass is 9.89. The van der Waals surface area contributed by atoms with E-state index >= 15 is 0 Å². The van der Waals surface area contributed by atoms with Crippen LogP contribution in [0.3, 0.4) is 0 Å². The minimum atomic E-state index is -0.257. The van der Waals surface area contributed by atoms with Crippen molar-refractivity contribution in [2.24, 2.45) is 5.92 Å². The Hall–Kier alpha value is -3.32. The van der Waals surface area contributed by atoms with E-state index < -0.39 is 0 Å². The molecule has 0 unspecified atom stereocenters. The van der Waals surface area contributed by atoms with Gasteiger partial charge in [0.2, 0.25) is 0 Å². The zero-order valence-corrected chi connectivity index (χ0v) is 20.9. The van der Waals surface area contributed by atoms with Crippen LogP contribution in [-0.4, -0.2) is 43.2 Å². The van der Waals surface area contributed by atoms with E-state index in [0.717, 1.165) is 73.0 Å². The standard InChI is InChI=1S/C29H34N6O/c1-20-11-12-23-19-25(29(36)30-26(23)17-20)27(28-31-32-33-35(28)24-9-5-6-10-24)34-15-13-22(14-16-34)18-21-7-3-2-4-8-21/h2-4,7-8,11-12,17,19,22,24,27H,5-6,9-10,13-16,18H2,1H3,(H,30,36)/t27-/m1/s1. The predicted molar refractivity (Wildman–Crippen MR) is 141 cm³/mol. The zero-order chi connectivity index (χ0) is 24.5. The summed E-state index contributed by atoms with van der Waals surface area (Å²) in [6, 6.07) is 19.1. The van der Waals surface area contributed by atoms with Crippen molar-refractivity contribution in [2.45, 2.75) is 64.0 Å². The molecule has 0 radical (unpaired) electrons. The molecule has 0 spiro atoms. The van der Waals surface area contributed by atoms with Gasteiger partial charge in [0.05, 0.1) is 6.04 Å². The molecule has 1 aliphatic carbocycles. The van der Waals surface area contributed by atoms with Gasteiger partial charge in [0.25, 0.3) is 5.56 Å². The van der Waals surface area contributed by atoms with Crippen LogP contribution in [0.2, 0.25) is 0 Å². The molecule has 7 heteroatoms. The second kappa shape index (κ2) is 9.97. The maximum Gasteiger partial charge on any atom is 0.253 e. The van der Waals surface area contributed by atoms with E-state index in [1.807, 2.05) is 17.7 Å². The molecule has 6 rings (SSSR count). The fourth-order valence-corrected chi connectivity index (χ4v) is 6.19. The summed E-state index contributed by atoms with van der Waals surface area (Å²) < 4.78 is 2.02. The summed E-state index contributed by atoms with van der Waals surface area (Å²) in [4.78, 5) is 19.1. The van der Waals surface area contributed by atoms with Gasteiger partial charge < -0.3 is 4.98 Å². The van der Waals surface area contributed by atoms with Gasteiger partial charge in [-0.15, -0.1) is 5.10 Å². The molecular formula is C29H34N6O. The SMILES string of the molecule is Cc1ccc2cc([C@H](c3nnnn3C3CCCC3)N3CCC(Cc4ccccc4)CC3)c(=O)[nH]c2c1. The molecule has 1 aliphatic heterocycles. The van der Waals surface area contributed by atoms with Crippen LogP contribution in [0.5, 0.6) is 0 Å². The summed E-state index contributed by atoms with van der Waals surface area (Å²) >= 11 is 0. The van der Waals surface area contributed by atoms with Gasteiger partial charge in [-0.05, 0) is 97.1 Å². The number of hydrogen-bond acceptors (Lipinski definition) is 5. The number of piperidine rings is 1. The number of hydrogen-bond donors (Lipinski definition) is 1. The van der Waals surface area contributed by atoms with Gasteiger partial charge in [-0.2, -0.15) is 0 Å². The molecule has 2 aliphatic rings. The fourth-order valence-electron chi connectivity index (χ4n) is 6.19. The highest BCUT2D eigenvalue weighted by Gasteiger charge is 2.35. The number of fused-ring (bicyclic) bond motifs is 1. The third-order valence-electron chi connectivity index (χ3n) is 8.14. The molecule has 4 aromatic rings. The Balaban J connectivity index is 1.34. The normalized spacial score (nSPS) is 18.7. The van der Waals surface area contributed by atoms with Crippen LogP contribution in [-0.2, 0) is 6.42 Å². The third-order valence-corrected chi connectivity index (χ3v) is 8.14. The third kappa shape index (κ3) is 4.60. The Labute approximate surface area is 211 Å². The number of aromatic nitrogens is 5. The molecule has 1 saturated carbocycles. The van der Waals surface area contributed by atoms with Gasteiger partial charge in [-0.25, -0.2) is 4.68 Å². The first-order chi connectivity index (χ1) is 17.7. The molecule has 186 valence electrons. The van der Waals surface area contributed by atoms with E-state index in [0.29, 0.717) is 12.0 Å². The van der Waals surface area contributed by atoms with E-state index in [1.165, 1.54) is 18.4 Å². The Morgan fingerprint density at radius 2 is 1.78 bits per heavy atom. The molecule has 1 N–H and O–H groups in total. The number of pyridine rings is 1. The maximum atomic E-state index is 13.5. The average Bonchev–Trinajstić information content (AvgIpc) is 3.59. The number of rotatable bonds is 6. The summed E-state index contributed by atoms with van der Waals surface area (Å²) in [6.07, 6.45) is 7.90. The number of H-pyrrole nitrogens is 1. The molecule has 0 bridgehead atoms. The molecule has 2 aromatic carbocycles. The van der Waals surface area contributed by atoms with Crippen LogP contribution in [0.4, 0.5) is 0 Å². The van der Waals surface area contributed by atoms with Crippen molar-refractivity contribution in [2.75, 3.05) is 13.1 Å². The van der Waals surface area contributed by atoms with E-state index in [1.54, 1.807) is 0 Å². The summed E-state index contributed by atoms with van der Waals surface area (Å²) in [5, 5.41) is 14.1. The molecule has 36 heavy (non-hydrogen) atoms. The van der Waals surface area contributed by atoms with Crippen molar-refractivity contribution in [3.05, 3.63) is 87.5 Å². The Kier molecular flexibility index (Phi) is 6.40. The molecule has 1 saturated heterocycles. The van der Waals surface area contributed by atoms with Crippen molar-refractivity contribution in [3.63, 3.8) is 0 Å². The molecule has 0 amide bonds. The Morgan fingerprint density at radius 1 is 1.00 bits per heavy atom. The Morgan fingerprint density at radius 3 is 2.56 bits per heavy atom. The first-order valence-electron chi connectivity index (χ1n) is 13.3. The van der Waals surface area contributed by atoms with Crippen LogP contribution in [0.15, 0.2) is 59.4 Å². The van der Waals surface area contributed by atoms with Crippen LogP contribution in [0.25, 0.3) is 10.9 Å². The summed E-state index contributed by atoms with van der Waals surface area (Å²) in [6.45, 7) is 3.89. The van der Waals surface area contributed by atoms with E-state index in [2.05, 4.69) is 73.9 Å².